The highest BCUT2D eigenvalue weighted by Gasteiger charge is 2.31. The molecule has 0 saturated carbocycles. The van der Waals surface area contributed by atoms with Crippen molar-refractivity contribution in [3.05, 3.63) is 166 Å². The summed E-state index contributed by atoms with van der Waals surface area (Å²) in [5, 5.41) is 2.33. The number of anilines is 3. The number of benzene rings is 3. The Morgan fingerprint density at radius 1 is 0.536 bits per heavy atom. The number of aromatic amines is 4. The Morgan fingerprint density at radius 2 is 0.900 bits per heavy atom. The molecule has 576 valence electrons. The van der Waals surface area contributed by atoms with Crippen molar-refractivity contribution in [2.24, 2.45) is 0 Å². The minimum atomic E-state index is -3.22. The first kappa shape index (κ1) is 82.7. The summed E-state index contributed by atoms with van der Waals surface area (Å²) in [6.45, 7) is 26.7. The standard InChI is InChI=1S/C28H29FN8O4.C24H25FN6O4.C19H16ClFN6O.CH4.Cl3OP/c1-8-18-19(29)9-20(37(7)27(38)41-28(4,5)6)23-21(18)22-24(34-23)35-26(40-17-12-32-15(3)33-13-17)36-25(22)39-16-10-30-14(2)31-11-16;1-7-8-14-15(25)9-16(31(6)23(33)35-24(3,4)5)19-17(14)18-20(28-19)29-22(30-21(18)32)34-13-10-26-12(2)27-11-13;1-4-5-11-12(21)6-13(22-3)16-14(11)15-17(20)26-19(27-18(15)25-16)28-10-7-23-9(2)24-8-10;;1-5(2,3)4/h9-13H,8H2,1-7H3,(H,34,35,36);7,9-11H,1,8H2,2-6H3,(H2,28,29,30,32);4,6-8,22H,1,5H2,2-3H3,(H,25,26,27);1H4;. The average Bonchev–Trinajstić information content (AvgIpc) is 1.59. The van der Waals surface area contributed by atoms with E-state index in [0.29, 0.717) is 125 Å². The molecule has 0 atom stereocenters. The number of fused-ring (bicyclic) bond motifs is 9. The Bertz CT molecular complexity index is 5740. The Hall–Kier alpha value is -11.4. The Balaban J connectivity index is 0.000000186. The number of aryl methyl sites for hydroxylation is 5. The second-order valence-corrected chi connectivity index (χ2v) is 32.7. The molecule has 10 aromatic heterocycles. The molecule has 13 aromatic rings. The van der Waals surface area contributed by atoms with E-state index >= 15 is 8.78 Å². The van der Waals surface area contributed by atoms with Crippen LogP contribution in [0.2, 0.25) is 5.15 Å². The molecule has 38 heteroatoms. The van der Waals surface area contributed by atoms with Crippen LogP contribution in [-0.2, 0) is 33.3 Å². The first-order valence-electron chi connectivity index (χ1n) is 32.8. The van der Waals surface area contributed by atoms with Crippen LogP contribution in [0.15, 0.2) is 97.9 Å². The lowest BCUT2D eigenvalue weighted by Crippen LogP contribution is -2.34. The molecule has 0 unspecified atom stereocenters. The molecule has 110 heavy (non-hydrogen) atoms. The number of nitrogens with zero attached hydrogens (tertiary/aromatic N) is 15. The number of carbonyl (C=O) groups is 2. The van der Waals surface area contributed by atoms with E-state index in [1.54, 1.807) is 82.4 Å². The molecule has 0 aliphatic rings. The van der Waals surface area contributed by atoms with Crippen LogP contribution in [0.25, 0.3) is 65.8 Å². The number of hydrogen-bond acceptors (Lipinski definition) is 24. The lowest BCUT2D eigenvalue weighted by molar-refractivity contribution is 0.0579. The zero-order chi connectivity index (χ0) is 79.3. The summed E-state index contributed by atoms with van der Waals surface area (Å²) in [6, 6.07) is 3.81. The second-order valence-electron chi connectivity index (χ2n) is 25.7. The number of allylic oxidation sites excluding steroid dienone is 2. The van der Waals surface area contributed by atoms with Gasteiger partial charge in [-0.1, -0.05) is 38.1 Å². The van der Waals surface area contributed by atoms with E-state index < -0.39 is 45.8 Å². The van der Waals surface area contributed by atoms with E-state index in [1.807, 2.05) is 6.92 Å². The van der Waals surface area contributed by atoms with E-state index in [9.17, 15) is 23.3 Å². The molecule has 5 N–H and O–H groups in total. The topological polar surface area (TPSA) is 373 Å². The molecule has 10 heterocycles. The Labute approximate surface area is 645 Å². The number of carbonyl (C=O) groups excluding carboxylic acids is 2. The van der Waals surface area contributed by atoms with Crippen molar-refractivity contribution in [2.45, 2.75) is 114 Å². The lowest BCUT2D eigenvalue weighted by Gasteiger charge is -2.25. The van der Waals surface area contributed by atoms with Gasteiger partial charge in [-0.15, -0.1) is 13.2 Å². The number of nitrogens with one attached hydrogen (secondary N) is 5. The molecule has 30 nitrogen and oxygen atoms in total. The van der Waals surface area contributed by atoms with Gasteiger partial charge in [0.15, 0.2) is 23.0 Å². The van der Waals surface area contributed by atoms with E-state index in [-0.39, 0.29) is 82.5 Å². The Kier molecular flexibility index (Phi) is 25.6. The highest BCUT2D eigenvalue weighted by molar-refractivity contribution is 8.24. The van der Waals surface area contributed by atoms with Gasteiger partial charge in [-0.2, -0.15) is 24.9 Å². The minimum absolute atomic E-state index is 0. The highest BCUT2D eigenvalue weighted by atomic mass is 36.0. The van der Waals surface area contributed by atoms with Gasteiger partial charge in [0, 0.05) is 60.6 Å². The van der Waals surface area contributed by atoms with Crippen LogP contribution in [0.3, 0.4) is 0 Å². The smallest absolute Gasteiger partial charge is 0.414 e. The summed E-state index contributed by atoms with van der Waals surface area (Å²) >= 11 is 20.3. The number of aromatic nitrogens is 17. The first-order chi connectivity index (χ1) is 51.4. The zero-order valence-corrected chi connectivity index (χ0v) is 64.8. The number of H-pyrrole nitrogens is 4. The molecule has 0 bridgehead atoms. The largest absolute Gasteiger partial charge is 0.443 e. The van der Waals surface area contributed by atoms with Crippen molar-refractivity contribution in [1.82, 2.24) is 84.7 Å². The van der Waals surface area contributed by atoms with Crippen LogP contribution in [0, 0.1) is 45.1 Å². The van der Waals surface area contributed by atoms with Crippen molar-refractivity contribution < 1.29 is 55.7 Å². The lowest BCUT2D eigenvalue weighted by atomic mass is 10.0. The van der Waals surface area contributed by atoms with Crippen LogP contribution in [-0.4, -0.2) is 129 Å². The van der Waals surface area contributed by atoms with Crippen LogP contribution in [0.4, 0.5) is 39.8 Å². The number of hydrogen-bond donors (Lipinski definition) is 5. The number of amides is 2. The van der Waals surface area contributed by atoms with Gasteiger partial charge in [0.2, 0.25) is 5.88 Å². The summed E-state index contributed by atoms with van der Waals surface area (Å²) < 4.78 is 89.2. The van der Waals surface area contributed by atoms with Gasteiger partial charge in [0.05, 0.1) is 99.3 Å². The summed E-state index contributed by atoms with van der Waals surface area (Å²) in [4.78, 5) is 108. The van der Waals surface area contributed by atoms with Crippen molar-refractivity contribution in [3.63, 3.8) is 0 Å². The van der Waals surface area contributed by atoms with Crippen molar-refractivity contribution in [3.8, 4) is 46.9 Å². The average molecular weight is 1610 g/mol. The molecule has 0 saturated heterocycles. The van der Waals surface area contributed by atoms with E-state index in [0.717, 1.165) is 0 Å². The molecule has 0 spiro atoms. The molecular formula is C72H74Cl4F3N20O10P. The molecule has 3 aromatic carbocycles. The van der Waals surface area contributed by atoms with Crippen LogP contribution in [0.1, 0.15) is 95.9 Å². The first-order valence-corrected chi connectivity index (χ1v) is 37.6. The maximum absolute atomic E-state index is 15.6. The molecule has 0 radical (unpaired) electrons. The van der Waals surface area contributed by atoms with Gasteiger partial charge in [-0.05, 0) is 134 Å². The maximum atomic E-state index is 15.6. The number of halogens is 7. The van der Waals surface area contributed by atoms with Gasteiger partial charge in [0.25, 0.3) is 5.56 Å². The van der Waals surface area contributed by atoms with Gasteiger partial charge in [0.1, 0.15) is 74.0 Å². The summed E-state index contributed by atoms with van der Waals surface area (Å²) in [5.41, 5.74) is 2.44. The van der Waals surface area contributed by atoms with E-state index in [4.69, 9.17) is 40.0 Å². The van der Waals surface area contributed by atoms with Crippen LogP contribution >= 0.6 is 50.5 Å². The fourth-order valence-electron chi connectivity index (χ4n) is 10.8. The predicted molar refractivity (Wildman–Crippen MR) is 417 cm³/mol. The normalized spacial score (nSPS) is 11.4. The summed E-state index contributed by atoms with van der Waals surface area (Å²) in [6.07, 6.45) is 14.6. The van der Waals surface area contributed by atoms with Crippen molar-refractivity contribution >= 4 is 146 Å². The number of ether oxygens (including phenoxy) is 6. The molecule has 0 fully saturated rings. The predicted octanol–water partition coefficient (Wildman–Crippen LogP) is 18.5. The van der Waals surface area contributed by atoms with Gasteiger partial charge in [-0.3, -0.25) is 24.1 Å². The monoisotopic (exact) mass is 1610 g/mol. The van der Waals surface area contributed by atoms with E-state index in [1.165, 1.54) is 97.7 Å². The van der Waals surface area contributed by atoms with Crippen molar-refractivity contribution in [2.75, 3.05) is 36.3 Å². The number of rotatable bonds is 16. The van der Waals surface area contributed by atoms with Crippen molar-refractivity contribution in [1.29, 1.82) is 0 Å². The minimum Gasteiger partial charge on any atom is -0.443 e. The molecule has 0 aliphatic carbocycles. The third kappa shape index (κ3) is 19.5. The maximum Gasteiger partial charge on any atom is 0.414 e. The molecule has 13 rings (SSSR count). The third-order valence-electron chi connectivity index (χ3n) is 15.4. The van der Waals surface area contributed by atoms with Gasteiger partial charge in [-0.25, -0.2) is 62.6 Å². The summed E-state index contributed by atoms with van der Waals surface area (Å²) in [7, 11) is 4.69. The highest BCUT2D eigenvalue weighted by Crippen LogP contribution is 2.61. The summed E-state index contributed by atoms with van der Waals surface area (Å²) in [5.74, 6) is 2.19. The molecule has 0 aliphatic heterocycles. The van der Waals surface area contributed by atoms with Crippen LogP contribution in [0.5, 0.6) is 46.9 Å². The quantitative estimate of drug-likeness (QED) is 0.0341. The fourth-order valence-corrected chi connectivity index (χ4v) is 11.1. The Morgan fingerprint density at radius 3 is 1.32 bits per heavy atom. The van der Waals surface area contributed by atoms with Crippen LogP contribution < -0.4 is 39.6 Å². The third-order valence-corrected chi connectivity index (χ3v) is 15.7. The molecule has 2 amide bonds. The SMILES string of the molecule is C.C=CCc1c(F)cc(N(C)C(=O)OC(C)(C)C)c2[nH]c3nc(Oc4cnc(C)nc4)[nH]c(=O)c3c12.C=CCc1c(F)cc(NC)c2[nH]c3nc(Oc4cnc(C)nc4)nc(Cl)c3c12.CCc1c(F)cc(N(C)C(=O)OC(C)(C)C)c2[nH]c3nc(Oc4cnc(C)nc4)nc(Oc4cnc(C)nc4)c3c12.O=P(Cl)(Cl)Cl. The zero-order valence-electron chi connectivity index (χ0n) is 60.9. The van der Waals surface area contributed by atoms with Gasteiger partial charge >= 0.3 is 35.4 Å². The van der Waals surface area contributed by atoms with E-state index in [2.05, 4.69) is 137 Å². The van der Waals surface area contributed by atoms with Gasteiger partial charge < -0.3 is 48.7 Å². The fraction of sp³-hybridized carbons (Fsp3) is 0.278. The molecular weight excluding hydrogens is 1530 g/mol. The second kappa shape index (κ2) is 34.0.